The fraction of sp³-hybridized carbons (Fsp3) is 0. The second kappa shape index (κ2) is 6.58. The average molecular weight is 399 g/mol. The SMILES string of the molecule is NS(=O)(=O)c1ccc(Nc2nc3nc(=O)[nH]c(-c4ccccc4)c3s2)cc1. The van der Waals surface area contributed by atoms with E-state index in [0.717, 1.165) is 10.3 Å². The number of H-pyrrole nitrogens is 1. The van der Waals surface area contributed by atoms with Gasteiger partial charge in [0.2, 0.25) is 10.0 Å². The fourth-order valence-corrected chi connectivity index (χ4v) is 4.01. The lowest BCUT2D eigenvalue weighted by Crippen LogP contribution is -2.11. The number of aromatic nitrogens is 3. The van der Waals surface area contributed by atoms with Gasteiger partial charge in [-0.3, -0.25) is 0 Å². The average Bonchev–Trinajstić information content (AvgIpc) is 3.03. The van der Waals surface area contributed by atoms with Crippen molar-refractivity contribution in [2.75, 3.05) is 5.32 Å². The number of nitrogens with one attached hydrogen (secondary N) is 2. The Labute approximate surface area is 157 Å². The normalized spacial score (nSPS) is 11.6. The first-order valence-electron chi connectivity index (χ1n) is 7.76. The van der Waals surface area contributed by atoms with E-state index in [4.69, 9.17) is 5.14 Å². The monoisotopic (exact) mass is 399 g/mol. The highest BCUT2D eigenvalue weighted by Crippen LogP contribution is 2.33. The number of benzene rings is 2. The molecule has 0 fully saturated rings. The van der Waals surface area contributed by atoms with Crippen molar-refractivity contribution >= 4 is 42.5 Å². The van der Waals surface area contributed by atoms with Crippen LogP contribution in [-0.4, -0.2) is 23.4 Å². The molecule has 4 aromatic rings. The Hall–Kier alpha value is -3.08. The summed E-state index contributed by atoms with van der Waals surface area (Å²) >= 11 is 1.33. The maximum absolute atomic E-state index is 11.9. The molecular weight excluding hydrogens is 386 g/mol. The lowest BCUT2D eigenvalue weighted by Gasteiger charge is -2.03. The molecule has 0 aliphatic carbocycles. The van der Waals surface area contributed by atoms with Gasteiger partial charge in [-0.25, -0.2) is 18.4 Å². The molecule has 2 aromatic heterocycles. The maximum atomic E-state index is 11.9. The number of anilines is 2. The van der Waals surface area contributed by atoms with Gasteiger partial charge in [0, 0.05) is 5.69 Å². The molecule has 0 unspecified atom stereocenters. The van der Waals surface area contributed by atoms with E-state index < -0.39 is 15.7 Å². The predicted molar refractivity (Wildman–Crippen MR) is 105 cm³/mol. The summed E-state index contributed by atoms with van der Waals surface area (Å²) in [5.74, 6) is 0. The Kier molecular flexibility index (Phi) is 4.22. The van der Waals surface area contributed by atoms with E-state index in [1.54, 1.807) is 12.1 Å². The Morgan fingerprint density at radius 3 is 2.37 bits per heavy atom. The number of sulfonamides is 1. The maximum Gasteiger partial charge on any atom is 0.347 e. The highest BCUT2D eigenvalue weighted by atomic mass is 32.2. The van der Waals surface area contributed by atoms with Gasteiger partial charge in [0.05, 0.1) is 15.3 Å². The van der Waals surface area contributed by atoms with E-state index in [1.807, 2.05) is 30.3 Å². The number of thiazole rings is 1. The first-order chi connectivity index (χ1) is 12.9. The van der Waals surface area contributed by atoms with Crippen LogP contribution in [0.2, 0.25) is 0 Å². The second-order valence-electron chi connectivity index (χ2n) is 5.65. The fourth-order valence-electron chi connectivity index (χ4n) is 2.55. The highest BCUT2D eigenvalue weighted by molar-refractivity contribution is 7.89. The zero-order valence-electron chi connectivity index (χ0n) is 13.7. The molecule has 0 saturated carbocycles. The van der Waals surface area contributed by atoms with Crippen LogP contribution in [-0.2, 0) is 10.0 Å². The summed E-state index contributed by atoms with van der Waals surface area (Å²) in [4.78, 5) is 23.0. The van der Waals surface area contributed by atoms with Gasteiger partial charge < -0.3 is 10.3 Å². The molecule has 2 aromatic carbocycles. The van der Waals surface area contributed by atoms with Crippen LogP contribution in [0.4, 0.5) is 10.8 Å². The number of primary sulfonamides is 1. The van der Waals surface area contributed by atoms with Gasteiger partial charge >= 0.3 is 5.69 Å². The third-order valence-corrected chi connectivity index (χ3v) is 5.68. The molecule has 0 saturated heterocycles. The standard InChI is InChI=1S/C17H13N5O3S2/c18-27(24,25)12-8-6-11(7-9-12)19-17-22-15-14(26-17)13(20-16(23)21-15)10-4-2-1-3-5-10/h1-9H,(H2,18,24,25)(H2,19,20,21,22,23). The van der Waals surface area contributed by atoms with Gasteiger partial charge in [-0.15, -0.1) is 0 Å². The largest absolute Gasteiger partial charge is 0.347 e. The molecule has 4 N–H and O–H groups in total. The van der Waals surface area contributed by atoms with Crippen molar-refractivity contribution in [3.05, 3.63) is 65.1 Å². The van der Waals surface area contributed by atoms with Crippen LogP contribution < -0.4 is 16.1 Å². The molecule has 0 spiro atoms. The van der Waals surface area contributed by atoms with Crippen LogP contribution in [0.25, 0.3) is 21.6 Å². The number of nitrogens with two attached hydrogens (primary N) is 1. The summed E-state index contributed by atoms with van der Waals surface area (Å²) in [5, 5.41) is 8.71. The number of nitrogens with zero attached hydrogens (tertiary/aromatic N) is 2. The Morgan fingerprint density at radius 1 is 1.00 bits per heavy atom. The summed E-state index contributed by atoms with van der Waals surface area (Å²) in [6.07, 6.45) is 0. The topological polar surface area (TPSA) is 131 Å². The number of hydrogen-bond acceptors (Lipinski definition) is 7. The number of aromatic amines is 1. The Bertz CT molecular complexity index is 1280. The lowest BCUT2D eigenvalue weighted by molar-refractivity contribution is 0.598. The highest BCUT2D eigenvalue weighted by Gasteiger charge is 2.13. The smallest absolute Gasteiger partial charge is 0.331 e. The molecule has 136 valence electrons. The van der Waals surface area contributed by atoms with Crippen molar-refractivity contribution in [1.29, 1.82) is 0 Å². The van der Waals surface area contributed by atoms with Crippen molar-refractivity contribution in [2.24, 2.45) is 5.14 Å². The van der Waals surface area contributed by atoms with Gasteiger partial charge in [-0.2, -0.15) is 9.97 Å². The van der Waals surface area contributed by atoms with Gasteiger partial charge in [-0.05, 0) is 29.8 Å². The number of fused-ring (bicyclic) bond motifs is 1. The minimum atomic E-state index is -3.74. The molecule has 8 nitrogen and oxygen atoms in total. The molecule has 0 bridgehead atoms. The van der Waals surface area contributed by atoms with Crippen molar-refractivity contribution < 1.29 is 8.42 Å². The number of rotatable bonds is 4. The van der Waals surface area contributed by atoms with Crippen molar-refractivity contribution in [3.63, 3.8) is 0 Å². The van der Waals surface area contributed by atoms with Crippen LogP contribution in [0.15, 0.2) is 64.3 Å². The summed E-state index contributed by atoms with van der Waals surface area (Å²) < 4.78 is 23.4. The van der Waals surface area contributed by atoms with Crippen LogP contribution in [0.1, 0.15) is 0 Å². The van der Waals surface area contributed by atoms with Crippen molar-refractivity contribution in [1.82, 2.24) is 15.0 Å². The van der Waals surface area contributed by atoms with Gasteiger partial charge in [-0.1, -0.05) is 41.7 Å². The molecule has 0 atom stereocenters. The molecule has 10 heteroatoms. The molecule has 0 radical (unpaired) electrons. The van der Waals surface area contributed by atoms with Gasteiger partial charge in [0.15, 0.2) is 10.8 Å². The Morgan fingerprint density at radius 2 is 1.70 bits per heavy atom. The Balaban J connectivity index is 1.73. The first kappa shape index (κ1) is 17.3. The first-order valence-corrected chi connectivity index (χ1v) is 10.1. The quantitative estimate of drug-likeness (QED) is 0.483. The molecule has 0 amide bonds. The third kappa shape index (κ3) is 3.58. The molecule has 2 heterocycles. The van der Waals surface area contributed by atoms with Crippen LogP contribution in [0.3, 0.4) is 0 Å². The minimum Gasteiger partial charge on any atom is -0.331 e. The molecule has 0 aliphatic heterocycles. The van der Waals surface area contributed by atoms with Gasteiger partial charge in [0.1, 0.15) is 0 Å². The van der Waals surface area contributed by atoms with E-state index in [1.165, 1.54) is 23.5 Å². The summed E-state index contributed by atoms with van der Waals surface area (Å²) in [6, 6.07) is 15.4. The van der Waals surface area contributed by atoms with E-state index in [9.17, 15) is 13.2 Å². The third-order valence-electron chi connectivity index (χ3n) is 3.77. The zero-order valence-corrected chi connectivity index (χ0v) is 15.3. The van der Waals surface area contributed by atoms with Crippen LogP contribution >= 0.6 is 11.3 Å². The van der Waals surface area contributed by atoms with E-state index in [-0.39, 0.29) is 4.90 Å². The van der Waals surface area contributed by atoms with Gasteiger partial charge in [0.25, 0.3) is 0 Å². The summed E-state index contributed by atoms with van der Waals surface area (Å²) in [6.45, 7) is 0. The molecule has 0 aliphatic rings. The summed E-state index contributed by atoms with van der Waals surface area (Å²) in [7, 11) is -3.74. The lowest BCUT2D eigenvalue weighted by atomic mass is 10.1. The molecule has 27 heavy (non-hydrogen) atoms. The molecular formula is C17H13N5O3S2. The second-order valence-corrected chi connectivity index (χ2v) is 8.21. The zero-order chi connectivity index (χ0) is 19.0. The van der Waals surface area contributed by atoms with E-state index >= 15 is 0 Å². The molecule has 4 rings (SSSR count). The minimum absolute atomic E-state index is 0.0241. The van der Waals surface area contributed by atoms with Crippen LogP contribution in [0.5, 0.6) is 0 Å². The van der Waals surface area contributed by atoms with E-state index in [2.05, 4.69) is 20.3 Å². The number of hydrogen-bond donors (Lipinski definition) is 3. The predicted octanol–water partition coefficient (Wildman–Crippen LogP) is 2.44. The van der Waals surface area contributed by atoms with E-state index in [0.29, 0.717) is 22.2 Å². The van der Waals surface area contributed by atoms with Crippen molar-refractivity contribution in [3.8, 4) is 11.3 Å². The summed E-state index contributed by atoms with van der Waals surface area (Å²) in [5.41, 5.74) is 2.01. The van der Waals surface area contributed by atoms with Crippen molar-refractivity contribution in [2.45, 2.75) is 4.90 Å². The van der Waals surface area contributed by atoms with Crippen LogP contribution in [0, 0.1) is 0 Å².